The summed E-state index contributed by atoms with van der Waals surface area (Å²) in [7, 11) is 1.89. The summed E-state index contributed by atoms with van der Waals surface area (Å²) in [4.78, 5) is 6.90. The zero-order valence-corrected chi connectivity index (χ0v) is 12.1. The number of hydrogen-bond acceptors (Lipinski definition) is 3. The van der Waals surface area contributed by atoms with Crippen molar-refractivity contribution >= 4 is 11.5 Å². The summed E-state index contributed by atoms with van der Waals surface area (Å²) in [6.07, 6.45) is 4.37. The molecule has 0 saturated heterocycles. The summed E-state index contributed by atoms with van der Waals surface area (Å²) in [5.41, 5.74) is 4.10. The molecule has 0 fully saturated rings. The summed E-state index contributed by atoms with van der Waals surface area (Å²) in [5.74, 6) is 0.917. The average molecular weight is 267 g/mol. The van der Waals surface area contributed by atoms with Crippen molar-refractivity contribution in [1.82, 2.24) is 4.98 Å². The number of anilines is 2. The quantitative estimate of drug-likeness (QED) is 0.923. The molecule has 2 aromatic rings. The molecule has 1 atom stereocenters. The van der Waals surface area contributed by atoms with E-state index >= 15 is 0 Å². The molecule has 104 valence electrons. The summed E-state index contributed by atoms with van der Waals surface area (Å²) in [6.45, 7) is 3.24. The summed E-state index contributed by atoms with van der Waals surface area (Å²) in [5, 5.41) is 3.06. The molecule has 1 aliphatic heterocycles. The van der Waals surface area contributed by atoms with E-state index in [4.69, 9.17) is 0 Å². The SMILES string of the molecule is CNc1ccc(CN2c3ccccc3CCC2C)cn1. The van der Waals surface area contributed by atoms with Crippen molar-refractivity contribution < 1.29 is 0 Å². The van der Waals surface area contributed by atoms with Gasteiger partial charge < -0.3 is 10.2 Å². The number of para-hydroxylation sites is 1. The van der Waals surface area contributed by atoms with Crippen LogP contribution in [0.5, 0.6) is 0 Å². The van der Waals surface area contributed by atoms with Crippen LogP contribution in [0.25, 0.3) is 0 Å². The van der Waals surface area contributed by atoms with Gasteiger partial charge in [-0.15, -0.1) is 0 Å². The Hall–Kier alpha value is -2.03. The molecule has 0 bridgehead atoms. The minimum atomic E-state index is 0.578. The highest BCUT2D eigenvalue weighted by Crippen LogP contribution is 2.31. The van der Waals surface area contributed by atoms with Gasteiger partial charge in [-0.05, 0) is 43.0 Å². The molecular formula is C17H21N3. The second kappa shape index (κ2) is 5.53. The van der Waals surface area contributed by atoms with E-state index in [1.807, 2.05) is 19.3 Å². The van der Waals surface area contributed by atoms with Crippen LogP contribution in [0.3, 0.4) is 0 Å². The van der Waals surface area contributed by atoms with E-state index in [1.54, 1.807) is 0 Å². The fourth-order valence-corrected chi connectivity index (χ4v) is 2.86. The Bertz CT molecular complexity index is 577. The zero-order chi connectivity index (χ0) is 13.9. The van der Waals surface area contributed by atoms with Crippen LogP contribution < -0.4 is 10.2 Å². The van der Waals surface area contributed by atoms with Gasteiger partial charge in [-0.2, -0.15) is 0 Å². The molecule has 1 N–H and O–H groups in total. The third-order valence-electron chi connectivity index (χ3n) is 4.10. The second-order valence-electron chi connectivity index (χ2n) is 5.45. The third-order valence-corrected chi connectivity index (χ3v) is 4.10. The van der Waals surface area contributed by atoms with Gasteiger partial charge in [0.05, 0.1) is 0 Å². The van der Waals surface area contributed by atoms with Crippen LogP contribution in [-0.2, 0) is 13.0 Å². The first-order chi connectivity index (χ1) is 9.78. The molecule has 20 heavy (non-hydrogen) atoms. The molecule has 0 radical (unpaired) electrons. The maximum absolute atomic E-state index is 4.41. The lowest BCUT2D eigenvalue weighted by Gasteiger charge is -2.37. The molecule has 3 heteroatoms. The smallest absolute Gasteiger partial charge is 0.125 e. The first-order valence-electron chi connectivity index (χ1n) is 7.25. The highest BCUT2D eigenvalue weighted by molar-refractivity contribution is 5.56. The van der Waals surface area contributed by atoms with Crippen LogP contribution in [0.15, 0.2) is 42.6 Å². The van der Waals surface area contributed by atoms with E-state index in [0.717, 1.165) is 12.4 Å². The monoisotopic (exact) mass is 267 g/mol. The second-order valence-corrected chi connectivity index (χ2v) is 5.45. The van der Waals surface area contributed by atoms with Gasteiger partial charge in [0.25, 0.3) is 0 Å². The van der Waals surface area contributed by atoms with E-state index in [0.29, 0.717) is 6.04 Å². The molecular weight excluding hydrogens is 246 g/mol. The van der Waals surface area contributed by atoms with Gasteiger partial charge >= 0.3 is 0 Å². The Labute approximate surface area is 120 Å². The molecule has 2 heterocycles. The van der Waals surface area contributed by atoms with Crippen LogP contribution in [0.4, 0.5) is 11.5 Å². The predicted molar refractivity (Wildman–Crippen MR) is 84.2 cm³/mol. The Morgan fingerprint density at radius 2 is 2.10 bits per heavy atom. The van der Waals surface area contributed by atoms with Crippen LogP contribution >= 0.6 is 0 Å². The topological polar surface area (TPSA) is 28.2 Å². The van der Waals surface area contributed by atoms with Crippen molar-refractivity contribution in [3.8, 4) is 0 Å². The van der Waals surface area contributed by atoms with E-state index < -0.39 is 0 Å². The maximum Gasteiger partial charge on any atom is 0.125 e. The Kier molecular flexibility index (Phi) is 3.59. The van der Waals surface area contributed by atoms with Crippen LogP contribution in [0.1, 0.15) is 24.5 Å². The molecule has 3 nitrogen and oxygen atoms in total. The first-order valence-corrected chi connectivity index (χ1v) is 7.25. The van der Waals surface area contributed by atoms with Crippen molar-refractivity contribution in [3.63, 3.8) is 0 Å². The predicted octanol–water partition coefficient (Wildman–Crippen LogP) is 3.46. The largest absolute Gasteiger partial charge is 0.373 e. The molecule has 1 aromatic heterocycles. The van der Waals surface area contributed by atoms with Gasteiger partial charge in [0.1, 0.15) is 5.82 Å². The van der Waals surface area contributed by atoms with E-state index in [1.165, 1.54) is 29.7 Å². The van der Waals surface area contributed by atoms with Gasteiger partial charge in [0.15, 0.2) is 0 Å². The Balaban J connectivity index is 1.85. The van der Waals surface area contributed by atoms with Crippen molar-refractivity contribution in [1.29, 1.82) is 0 Å². The number of benzene rings is 1. The normalized spacial score (nSPS) is 17.7. The molecule has 0 aliphatic carbocycles. The van der Waals surface area contributed by atoms with Crippen molar-refractivity contribution in [2.45, 2.75) is 32.4 Å². The lowest BCUT2D eigenvalue weighted by atomic mass is 9.96. The highest BCUT2D eigenvalue weighted by atomic mass is 15.2. The molecule has 0 saturated carbocycles. The maximum atomic E-state index is 4.41. The molecule has 0 amide bonds. The standard InChI is InChI=1S/C17H21N3/c1-13-7-9-15-5-3-4-6-16(15)20(13)12-14-8-10-17(18-2)19-11-14/h3-6,8,10-11,13H,7,9,12H2,1-2H3,(H,18,19). The lowest BCUT2D eigenvalue weighted by molar-refractivity contribution is 0.560. The lowest BCUT2D eigenvalue weighted by Crippen LogP contribution is -2.36. The molecule has 1 aliphatic rings. The number of aromatic nitrogens is 1. The zero-order valence-electron chi connectivity index (χ0n) is 12.1. The third kappa shape index (κ3) is 2.48. The number of nitrogens with one attached hydrogen (secondary N) is 1. The van der Waals surface area contributed by atoms with Gasteiger partial charge in [-0.25, -0.2) is 4.98 Å². The minimum absolute atomic E-state index is 0.578. The Morgan fingerprint density at radius 3 is 2.85 bits per heavy atom. The molecule has 0 spiro atoms. The van der Waals surface area contributed by atoms with Crippen LogP contribution in [0.2, 0.25) is 0 Å². The number of rotatable bonds is 3. The number of pyridine rings is 1. The average Bonchev–Trinajstić information content (AvgIpc) is 2.51. The van der Waals surface area contributed by atoms with Crippen molar-refractivity contribution in [2.24, 2.45) is 0 Å². The number of hydrogen-bond donors (Lipinski definition) is 1. The molecule has 1 unspecified atom stereocenters. The summed E-state index contributed by atoms with van der Waals surface area (Å²) >= 11 is 0. The first kappa shape index (κ1) is 13.0. The minimum Gasteiger partial charge on any atom is -0.373 e. The number of nitrogens with zero attached hydrogens (tertiary/aromatic N) is 2. The summed E-state index contributed by atoms with van der Waals surface area (Å²) < 4.78 is 0. The molecule has 1 aromatic carbocycles. The van der Waals surface area contributed by atoms with E-state index in [-0.39, 0.29) is 0 Å². The van der Waals surface area contributed by atoms with Crippen molar-refractivity contribution in [2.75, 3.05) is 17.3 Å². The van der Waals surface area contributed by atoms with E-state index in [9.17, 15) is 0 Å². The summed E-state index contributed by atoms with van der Waals surface area (Å²) in [6, 6.07) is 13.5. The molecule has 3 rings (SSSR count). The van der Waals surface area contributed by atoms with Crippen molar-refractivity contribution in [3.05, 3.63) is 53.7 Å². The number of aryl methyl sites for hydroxylation is 1. The van der Waals surface area contributed by atoms with Gasteiger partial charge in [0, 0.05) is 31.5 Å². The van der Waals surface area contributed by atoms with E-state index in [2.05, 4.69) is 52.5 Å². The fourth-order valence-electron chi connectivity index (χ4n) is 2.86. The van der Waals surface area contributed by atoms with Crippen LogP contribution in [0, 0.1) is 0 Å². The van der Waals surface area contributed by atoms with Gasteiger partial charge in [-0.3, -0.25) is 0 Å². The van der Waals surface area contributed by atoms with Gasteiger partial charge in [0.2, 0.25) is 0 Å². The highest BCUT2D eigenvalue weighted by Gasteiger charge is 2.22. The van der Waals surface area contributed by atoms with Crippen LogP contribution in [-0.4, -0.2) is 18.1 Å². The van der Waals surface area contributed by atoms with Gasteiger partial charge in [-0.1, -0.05) is 24.3 Å². The number of fused-ring (bicyclic) bond motifs is 1. The fraction of sp³-hybridized carbons (Fsp3) is 0.353. The Morgan fingerprint density at radius 1 is 1.25 bits per heavy atom.